The molecule has 1 aromatic rings. The number of hydrogen-bond donors (Lipinski definition) is 1. The number of nitrogens with one attached hydrogen (secondary N) is 1. The van der Waals surface area contributed by atoms with E-state index in [4.69, 9.17) is 11.6 Å². The van der Waals surface area contributed by atoms with Crippen molar-refractivity contribution >= 4 is 11.6 Å². The lowest BCUT2D eigenvalue weighted by molar-refractivity contribution is 0.708. The Bertz CT molecular complexity index is 338. The minimum Gasteiger partial charge on any atom is -0.316 e. The van der Waals surface area contributed by atoms with E-state index in [1.165, 1.54) is 0 Å². The summed E-state index contributed by atoms with van der Waals surface area (Å²) in [6, 6.07) is 0. The Hall–Kier alpha value is -0.670. The Kier molecular flexibility index (Phi) is 2.99. The van der Waals surface area contributed by atoms with Crippen molar-refractivity contribution in [3.8, 4) is 0 Å². The molecule has 1 N–H and O–H groups in total. The first kappa shape index (κ1) is 9.87. The van der Waals surface area contributed by atoms with Gasteiger partial charge in [-0.05, 0) is 13.0 Å². The molecule has 0 bridgehead atoms. The number of hydrogen-bond acceptors (Lipinski definition) is 3. The van der Waals surface area contributed by atoms with Gasteiger partial charge in [-0.25, -0.2) is 9.97 Å². The van der Waals surface area contributed by atoms with Gasteiger partial charge in [-0.1, -0.05) is 18.5 Å². The van der Waals surface area contributed by atoms with Crippen LogP contribution in [0.1, 0.15) is 24.0 Å². The van der Waals surface area contributed by atoms with Gasteiger partial charge in [0, 0.05) is 24.9 Å². The van der Waals surface area contributed by atoms with E-state index in [0.29, 0.717) is 5.15 Å². The van der Waals surface area contributed by atoms with Crippen molar-refractivity contribution < 1.29 is 0 Å². The van der Waals surface area contributed by atoms with Crippen LogP contribution in [0.5, 0.6) is 0 Å². The summed E-state index contributed by atoms with van der Waals surface area (Å²) < 4.78 is 0. The molecule has 0 aliphatic carbocycles. The van der Waals surface area contributed by atoms with E-state index >= 15 is 0 Å². The van der Waals surface area contributed by atoms with E-state index in [1.54, 1.807) is 0 Å². The predicted octanol–water partition coefficient (Wildman–Crippen LogP) is 1.38. The van der Waals surface area contributed by atoms with Gasteiger partial charge in [-0.3, -0.25) is 0 Å². The summed E-state index contributed by atoms with van der Waals surface area (Å²) in [6.07, 6.45) is 2.75. The van der Waals surface area contributed by atoms with Crippen molar-refractivity contribution in [3.05, 3.63) is 22.2 Å². The van der Waals surface area contributed by atoms with E-state index in [9.17, 15) is 0 Å². The summed E-state index contributed by atoms with van der Waals surface area (Å²) in [7, 11) is 0. The molecule has 0 saturated carbocycles. The Morgan fingerprint density at radius 1 is 1.29 bits per heavy atom. The smallest absolute Gasteiger partial charge is 0.136 e. The SMILES string of the molecule is CCc1nc(Cl)c2c(n1)CCNCC2. The van der Waals surface area contributed by atoms with Gasteiger partial charge in [0.05, 0.1) is 5.69 Å². The molecule has 0 unspecified atom stereocenters. The van der Waals surface area contributed by atoms with Crippen LogP contribution in [0.3, 0.4) is 0 Å². The fraction of sp³-hybridized carbons (Fsp3) is 0.600. The largest absolute Gasteiger partial charge is 0.316 e. The number of halogens is 1. The number of aromatic nitrogens is 2. The molecule has 0 saturated heterocycles. The van der Waals surface area contributed by atoms with Gasteiger partial charge >= 0.3 is 0 Å². The molecule has 1 aliphatic heterocycles. The van der Waals surface area contributed by atoms with Crippen LogP contribution in [0.2, 0.25) is 5.15 Å². The van der Waals surface area contributed by atoms with Crippen molar-refractivity contribution in [3.63, 3.8) is 0 Å². The summed E-state index contributed by atoms with van der Waals surface area (Å²) in [6.45, 7) is 4.01. The molecular formula is C10H14ClN3. The number of nitrogens with zero attached hydrogens (tertiary/aromatic N) is 2. The first-order valence-electron chi connectivity index (χ1n) is 5.06. The standard InChI is InChI=1S/C10H14ClN3/c1-2-9-13-8-4-6-12-5-3-7(8)10(11)14-9/h12H,2-6H2,1H3. The maximum absolute atomic E-state index is 6.12. The lowest BCUT2D eigenvalue weighted by Gasteiger charge is -2.07. The van der Waals surface area contributed by atoms with E-state index in [1.807, 2.05) is 6.92 Å². The molecule has 3 nitrogen and oxygen atoms in total. The Morgan fingerprint density at radius 3 is 2.86 bits per heavy atom. The fourth-order valence-electron chi connectivity index (χ4n) is 1.71. The van der Waals surface area contributed by atoms with Crippen LogP contribution in [-0.4, -0.2) is 23.1 Å². The molecule has 1 aromatic heterocycles. The van der Waals surface area contributed by atoms with Crippen molar-refractivity contribution in [2.45, 2.75) is 26.2 Å². The average molecular weight is 212 g/mol. The van der Waals surface area contributed by atoms with E-state index < -0.39 is 0 Å². The highest BCUT2D eigenvalue weighted by Crippen LogP contribution is 2.19. The quantitative estimate of drug-likeness (QED) is 0.714. The molecule has 0 amide bonds. The zero-order chi connectivity index (χ0) is 9.97. The Morgan fingerprint density at radius 2 is 2.07 bits per heavy atom. The molecule has 0 spiro atoms. The summed E-state index contributed by atoms with van der Waals surface area (Å²) in [4.78, 5) is 8.79. The summed E-state index contributed by atoms with van der Waals surface area (Å²) in [5.41, 5.74) is 2.26. The third kappa shape index (κ3) is 1.88. The molecule has 76 valence electrons. The maximum atomic E-state index is 6.12. The third-order valence-electron chi connectivity index (χ3n) is 2.50. The van der Waals surface area contributed by atoms with E-state index in [0.717, 1.165) is 49.4 Å². The highest BCUT2D eigenvalue weighted by molar-refractivity contribution is 6.30. The van der Waals surface area contributed by atoms with Crippen molar-refractivity contribution in [1.82, 2.24) is 15.3 Å². The van der Waals surface area contributed by atoms with Gasteiger partial charge in [0.15, 0.2) is 0 Å². The molecule has 2 heterocycles. The predicted molar refractivity (Wildman–Crippen MR) is 56.7 cm³/mol. The minimum atomic E-state index is 0.649. The van der Waals surface area contributed by atoms with E-state index in [-0.39, 0.29) is 0 Å². The lowest BCUT2D eigenvalue weighted by Crippen LogP contribution is -2.16. The van der Waals surface area contributed by atoms with Crippen LogP contribution < -0.4 is 5.32 Å². The summed E-state index contributed by atoms with van der Waals surface area (Å²) in [5.74, 6) is 0.857. The normalized spacial score (nSPS) is 16.1. The third-order valence-corrected chi connectivity index (χ3v) is 2.81. The second-order valence-electron chi connectivity index (χ2n) is 3.46. The zero-order valence-corrected chi connectivity index (χ0v) is 9.06. The Labute approximate surface area is 88.9 Å². The second-order valence-corrected chi connectivity index (χ2v) is 3.82. The molecule has 4 heteroatoms. The highest BCUT2D eigenvalue weighted by atomic mass is 35.5. The fourth-order valence-corrected chi connectivity index (χ4v) is 2.01. The van der Waals surface area contributed by atoms with Crippen molar-refractivity contribution in [2.75, 3.05) is 13.1 Å². The molecule has 0 radical (unpaired) electrons. The molecular weight excluding hydrogens is 198 g/mol. The maximum Gasteiger partial charge on any atom is 0.136 e. The zero-order valence-electron chi connectivity index (χ0n) is 8.31. The summed E-state index contributed by atoms with van der Waals surface area (Å²) in [5, 5.41) is 3.98. The highest BCUT2D eigenvalue weighted by Gasteiger charge is 2.14. The average Bonchev–Trinajstić information content (AvgIpc) is 2.42. The van der Waals surface area contributed by atoms with Crippen molar-refractivity contribution in [1.29, 1.82) is 0 Å². The van der Waals surface area contributed by atoms with Crippen LogP contribution >= 0.6 is 11.6 Å². The van der Waals surface area contributed by atoms with Gasteiger partial charge in [-0.2, -0.15) is 0 Å². The minimum absolute atomic E-state index is 0.649. The Balaban J connectivity index is 2.43. The molecule has 14 heavy (non-hydrogen) atoms. The van der Waals surface area contributed by atoms with Crippen LogP contribution in [-0.2, 0) is 19.3 Å². The molecule has 0 fully saturated rings. The first-order valence-corrected chi connectivity index (χ1v) is 5.44. The lowest BCUT2D eigenvalue weighted by atomic mass is 10.1. The molecule has 0 aromatic carbocycles. The second kappa shape index (κ2) is 4.24. The molecule has 2 rings (SSSR count). The van der Waals surface area contributed by atoms with Gasteiger partial charge in [0.1, 0.15) is 11.0 Å². The summed E-state index contributed by atoms with van der Waals surface area (Å²) >= 11 is 6.12. The van der Waals surface area contributed by atoms with Gasteiger partial charge in [0.2, 0.25) is 0 Å². The number of rotatable bonds is 1. The number of fused-ring (bicyclic) bond motifs is 1. The number of aryl methyl sites for hydroxylation is 1. The van der Waals surface area contributed by atoms with Crippen LogP contribution in [0.15, 0.2) is 0 Å². The monoisotopic (exact) mass is 211 g/mol. The molecule has 0 atom stereocenters. The van der Waals surface area contributed by atoms with Gasteiger partial charge < -0.3 is 5.32 Å². The van der Waals surface area contributed by atoms with Crippen LogP contribution in [0.4, 0.5) is 0 Å². The topological polar surface area (TPSA) is 37.8 Å². The van der Waals surface area contributed by atoms with Crippen LogP contribution in [0, 0.1) is 0 Å². The van der Waals surface area contributed by atoms with Crippen molar-refractivity contribution in [2.24, 2.45) is 0 Å². The van der Waals surface area contributed by atoms with Gasteiger partial charge in [-0.15, -0.1) is 0 Å². The van der Waals surface area contributed by atoms with Gasteiger partial charge in [0.25, 0.3) is 0 Å². The molecule has 1 aliphatic rings. The first-order chi connectivity index (χ1) is 6.81. The van der Waals surface area contributed by atoms with Crippen LogP contribution in [0.25, 0.3) is 0 Å². The van der Waals surface area contributed by atoms with E-state index in [2.05, 4.69) is 15.3 Å².